The zero-order chi connectivity index (χ0) is 53.0. The predicted octanol–water partition coefficient (Wildman–Crippen LogP) is 15.3. The van der Waals surface area contributed by atoms with Gasteiger partial charge >= 0.3 is 30.9 Å². The average Bonchev–Trinajstić information content (AvgIpc) is 3.86. The Labute approximate surface area is 407 Å². The minimum absolute atomic E-state index is 0.0257. The van der Waals surface area contributed by atoms with E-state index in [1.807, 2.05) is 12.1 Å². The number of hydrogen-bond acceptors (Lipinski definition) is 2. The third-order valence-corrected chi connectivity index (χ3v) is 13.0. The molecule has 2 aliphatic carbocycles. The van der Waals surface area contributed by atoms with Gasteiger partial charge in [-0.3, -0.25) is 0 Å². The van der Waals surface area contributed by atoms with Crippen LogP contribution in [0.2, 0.25) is 0 Å². The quantitative estimate of drug-likeness (QED) is 0.165. The second-order valence-electron chi connectivity index (χ2n) is 17.4. The van der Waals surface area contributed by atoms with Crippen LogP contribution in [0.3, 0.4) is 0 Å². The van der Waals surface area contributed by atoms with Gasteiger partial charge in [0.15, 0.2) is 0 Å². The molecule has 8 aromatic rings. The zero-order valence-corrected chi connectivity index (χ0v) is 37.2. The van der Waals surface area contributed by atoms with E-state index in [-0.39, 0.29) is 89.7 Å². The lowest BCUT2D eigenvalue weighted by molar-refractivity contribution is -0.143. The van der Waals surface area contributed by atoms with Crippen LogP contribution in [0.15, 0.2) is 145 Å². The van der Waals surface area contributed by atoms with Gasteiger partial charge in [0.1, 0.15) is 5.56 Å². The molecule has 2 aromatic heterocycles. The third kappa shape index (κ3) is 8.45. The fourth-order valence-corrected chi connectivity index (χ4v) is 9.85. The fourth-order valence-electron chi connectivity index (χ4n) is 9.85. The summed E-state index contributed by atoms with van der Waals surface area (Å²) in [4.78, 5) is 0. The first-order valence-electron chi connectivity index (χ1n) is 21.9. The number of halogens is 15. The summed E-state index contributed by atoms with van der Waals surface area (Å²) in [7, 11) is 0. The SMILES string of the molecule is N#Cc1cc(C#N)cc(-c2cc(-n3c4c(c5ccc(=C6CC=C(C(F)(F)F)C=C6C(F)(F)F)cc53)CC=CC=4)c(C(F)(F)F)c(-n3c4ccccc4c4ccc(-c5ccc(C(F)(F)F)cc5C(F)(F)F)cc43)c2)c1. The Morgan fingerprint density at radius 1 is 0.500 bits per heavy atom. The standard InChI is InChI=1S/C55H27F15N4/c56-51(57,58)34-11-15-36(42(24-34)53(62,63)64)30-9-13-40-38-5-1-3-7-44(38)73(46(40)20-30)48-22-33(32-18-28(26-71)17-29(19-32)27-72)23-49(50(48)55(68,69)70)74-45-8-4-2-6-39(45)41-14-10-31(21-47(41)74)37-16-12-35(52(59,60)61)25-43(37)54(65,66)67/h1-5,7-15,17-25H,6,16H2. The molecule has 0 saturated carbocycles. The molecule has 0 amide bonds. The van der Waals surface area contributed by atoms with Crippen LogP contribution in [-0.2, 0) is 24.9 Å². The Morgan fingerprint density at radius 2 is 1.14 bits per heavy atom. The maximum Gasteiger partial charge on any atom is 0.420 e. The number of hydrogen-bond donors (Lipinski definition) is 0. The van der Waals surface area contributed by atoms with Crippen molar-refractivity contribution in [3.63, 3.8) is 0 Å². The fraction of sp³-hybridized carbons (Fsp3) is 0.127. The summed E-state index contributed by atoms with van der Waals surface area (Å²) in [5.41, 5.74) is -11.0. The maximum atomic E-state index is 16.7. The molecule has 19 heteroatoms. The van der Waals surface area contributed by atoms with Gasteiger partial charge in [-0.2, -0.15) is 76.4 Å². The number of fused-ring (bicyclic) bond motifs is 6. The van der Waals surface area contributed by atoms with E-state index < -0.39 is 87.7 Å². The van der Waals surface area contributed by atoms with Gasteiger partial charge in [0, 0.05) is 16.2 Å². The lowest BCUT2D eigenvalue weighted by Gasteiger charge is -2.23. The predicted molar refractivity (Wildman–Crippen MR) is 246 cm³/mol. The number of nitriles is 2. The monoisotopic (exact) mass is 1030 g/mol. The topological polar surface area (TPSA) is 57.4 Å². The van der Waals surface area contributed by atoms with E-state index in [4.69, 9.17) is 0 Å². The van der Waals surface area contributed by atoms with Crippen LogP contribution in [0, 0.1) is 22.7 Å². The van der Waals surface area contributed by atoms with E-state index in [1.54, 1.807) is 12.1 Å². The van der Waals surface area contributed by atoms with E-state index in [2.05, 4.69) is 0 Å². The van der Waals surface area contributed by atoms with Crippen molar-refractivity contribution in [3.8, 4) is 45.8 Å². The molecule has 372 valence electrons. The maximum absolute atomic E-state index is 16.7. The Balaban J connectivity index is 1.36. The molecule has 0 atom stereocenters. The molecule has 74 heavy (non-hydrogen) atoms. The summed E-state index contributed by atoms with van der Waals surface area (Å²) in [6.45, 7) is 0. The van der Waals surface area contributed by atoms with Crippen LogP contribution in [-0.4, -0.2) is 21.5 Å². The number of para-hydroxylation sites is 1. The van der Waals surface area contributed by atoms with Gasteiger partial charge in [-0.1, -0.05) is 66.8 Å². The van der Waals surface area contributed by atoms with E-state index in [9.17, 15) is 63.2 Å². The smallest absolute Gasteiger partial charge is 0.309 e. The van der Waals surface area contributed by atoms with E-state index >= 15 is 13.2 Å². The highest BCUT2D eigenvalue weighted by atomic mass is 19.4. The van der Waals surface area contributed by atoms with E-state index in [0.29, 0.717) is 23.8 Å². The van der Waals surface area contributed by atoms with Crippen molar-refractivity contribution in [1.82, 2.24) is 9.13 Å². The molecule has 4 nitrogen and oxygen atoms in total. The number of benzene rings is 6. The highest BCUT2D eigenvalue weighted by Gasteiger charge is 2.43. The number of nitrogens with zero attached hydrogens (tertiary/aromatic N) is 4. The first-order chi connectivity index (χ1) is 34.8. The summed E-state index contributed by atoms with van der Waals surface area (Å²) < 4.78 is 223. The van der Waals surface area contributed by atoms with Gasteiger partial charge in [0.05, 0.1) is 78.8 Å². The van der Waals surface area contributed by atoms with Crippen molar-refractivity contribution < 1.29 is 65.9 Å². The van der Waals surface area contributed by atoms with Gasteiger partial charge in [0.2, 0.25) is 0 Å². The Kier molecular flexibility index (Phi) is 11.3. The zero-order valence-electron chi connectivity index (χ0n) is 37.2. The van der Waals surface area contributed by atoms with Crippen molar-refractivity contribution in [2.75, 3.05) is 0 Å². The van der Waals surface area contributed by atoms with Crippen LogP contribution in [0.5, 0.6) is 0 Å². The number of aromatic nitrogens is 2. The molecule has 6 aromatic carbocycles. The molecule has 0 aliphatic heterocycles. The minimum atomic E-state index is -5.39. The van der Waals surface area contributed by atoms with Crippen molar-refractivity contribution in [2.45, 2.75) is 43.7 Å². The minimum Gasteiger partial charge on any atom is -0.309 e. The molecule has 10 rings (SSSR count). The lowest BCUT2D eigenvalue weighted by atomic mass is 9.91. The first-order valence-corrected chi connectivity index (χ1v) is 21.9. The van der Waals surface area contributed by atoms with Crippen molar-refractivity contribution in [1.29, 1.82) is 10.5 Å². The molecule has 0 radical (unpaired) electrons. The van der Waals surface area contributed by atoms with Gasteiger partial charge < -0.3 is 9.13 Å². The van der Waals surface area contributed by atoms with Crippen molar-refractivity contribution >= 4 is 44.4 Å². The van der Waals surface area contributed by atoms with Gasteiger partial charge in [-0.25, -0.2) is 0 Å². The number of rotatable bonds is 4. The average molecular weight is 1030 g/mol. The molecule has 2 aliphatic rings. The van der Waals surface area contributed by atoms with Crippen LogP contribution in [0.4, 0.5) is 65.9 Å². The molecule has 2 heterocycles. The van der Waals surface area contributed by atoms with Crippen LogP contribution >= 0.6 is 0 Å². The van der Waals surface area contributed by atoms with Crippen LogP contribution < -0.4 is 10.6 Å². The van der Waals surface area contributed by atoms with Crippen molar-refractivity contribution in [3.05, 3.63) is 189 Å². The van der Waals surface area contributed by atoms with Crippen LogP contribution in [0.1, 0.15) is 39.8 Å². The molecular formula is C55H27F15N4. The highest BCUT2D eigenvalue weighted by molar-refractivity contribution is 6.10. The summed E-state index contributed by atoms with van der Waals surface area (Å²) in [6.07, 6.45) is -22.0. The van der Waals surface area contributed by atoms with Crippen LogP contribution in [0.25, 0.3) is 78.0 Å². The molecule has 0 unspecified atom stereocenters. The Hall–Kier alpha value is -8.45. The van der Waals surface area contributed by atoms with Crippen molar-refractivity contribution in [2.24, 2.45) is 0 Å². The summed E-state index contributed by atoms with van der Waals surface area (Å²) in [5.74, 6) is 0. The van der Waals surface area contributed by atoms with Gasteiger partial charge in [0.25, 0.3) is 0 Å². The summed E-state index contributed by atoms with van der Waals surface area (Å²) in [6, 6.07) is 24.1. The van der Waals surface area contributed by atoms with E-state index in [1.165, 1.54) is 72.8 Å². The normalized spacial score (nSPS) is 15.2. The highest BCUT2D eigenvalue weighted by Crippen LogP contribution is 2.48. The molecule has 0 spiro atoms. The first kappa shape index (κ1) is 49.1. The summed E-state index contributed by atoms with van der Waals surface area (Å²) >= 11 is 0. The Bertz CT molecular complexity index is 3990. The second-order valence-corrected chi connectivity index (χ2v) is 17.4. The molecule has 0 fully saturated rings. The lowest BCUT2D eigenvalue weighted by Crippen LogP contribution is -2.24. The largest absolute Gasteiger partial charge is 0.420 e. The molecular weight excluding hydrogens is 1000 g/mol. The molecule has 0 bridgehead atoms. The van der Waals surface area contributed by atoms with E-state index in [0.717, 1.165) is 33.4 Å². The van der Waals surface area contributed by atoms with Gasteiger partial charge in [-0.15, -0.1) is 0 Å². The molecule has 0 N–H and O–H groups in total. The molecule has 0 saturated heterocycles. The third-order valence-electron chi connectivity index (χ3n) is 13.0. The second kappa shape index (κ2) is 17.1. The number of allylic oxidation sites excluding steroid dienone is 6. The van der Waals surface area contributed by atoms with Gasteiger partial charge in [-0.05, 0) is 124 Å². The number of alkyl halides is 15. The summed E-state index contributed by atoms with van der Waals surface area (Å²) in [5, 5.41) is 20.5. The Morgan fingerprint density at radius 3 is 1.77 bits per heavy atom.